The molecule has 0 aromatic heterocycles. The molecule has 2 aromatic rings. The summed E-state index contributed by atoms with van der Waals surface area (Å²) < 4.78 is 24.2. The van der Waals surface area contributed by atoms with Crippen LogP contribution >= 0.6 is 11.6 Å². The molecule has 0 aliphatic carbocycles. The van der Waals surface area contributed by atoms with Crippen LogP contribution in [0.5, 0.6) is 0 Å². The van der Waals surface area contributed by atoms with Gasteiger partial charge in [-0.3, -0.25) is 19.2 Å². The zero-order chi connectivity index (χ0) is 32.5. The fraction of sp³-hybridized carbons (Fsp3) is 0.500. The Balaban J connectivity index is 0.000000631. The minimum Gasteiger partial charge on any atom is -1.00 e. The first-order valence-electron chi connectivity index (χ1n) is 15.4. The molecule has 0 radical (unpaired) electrons. The van der Waals surface area contributed by atoms with Crippen molar-refractivity contribution in [3.63, 3.8) is 0 Å². The van der Waals surface area contributed by atoms with E-state index in [-0.39, 0.29) is 45.4 Å². The molecule has 5 rings (SSSR count). The molecule has 0 saturated carbocycles. The molecule has 2 aromatic carbocycles. The Hall–Kier alpha value is -3.32. The number of carbonyl (C=O) groups excluding carboxylic acids is 5. The van der Waals surface area contributed by atoms with Gasteiger partial charge in [-0.25, -0.2) is 4.79 Å². The van der Waals surface area contributed by atoms with Crippen molar-refractivity contribution in [3.05, 3.63) is 71.8 Å². The molecule has 1 unspecified atom stereocenters. The zero-order valence-corrected chi connectivity index (χ0v) is 27.4. The number of carbonyl (C=O) groups is 5. The molecule has 1 atom stereocenters. The normalized spacial score (nSPS) is 17.5. The van der Waals surface area contributed by atoms with Gasteiger partial charge in [-0.2, -0.15) is 0 Å². The van der Waals surface area contributed by atoms with Crippen molar-refractivity contribution in [1.82, 2.24) is 0 Å². The van der Waals surface area contributed by atoms with Crippen LogP contribution in [-0.4, -0.2) is 49.1 Å². The molecule has 3 heterocycles. The molecule has 3 aliphatic rings. The van der Waals surface area contributed by atoms with Crippen molar-refractivity contribution < 1.29 is 67.9 Å². The van der Waals surface area contributed by atoms with Crippen LogP contribution in [0.2, 0.25) is 0 Å². The second kappa shape index (κ2) is 25.8. The van der Waals surface area contributed by atoms with Crippen molar-refractivity contribution in [2.45, 2.75) is 83.8 Å². The molecular weight excluding hydrogens is 611 g/mol. The van der Waals surface area contributed by atoms with Gasteiger partial charge in [-0.05, 0) is 68.9 Å². The van der Waals surface area contributed by atoms with E-state index in [1.165, 1.54) is 0 Å². The molecule has 46 heavy (non-hydrogen) atoms. The van der Waals surface area contributed by atoms with Crippen molar-refractivity contribution >= 4 is 40.9 Å². The van der Waals surface area contributed by atoms with Crippen molar-refractivity contribution in [2.24, 2.45) is 5.92 Å². The first-order chi connectivity index (χ1) is 21.8. The summed E-state index contributed by atoms with van der Waals surface area (Å²) in [4.78, 5) is 54.4. The molecule has 3 aliphatic heterocycles. The topological polar surface area (TPSA) is 132 Å². The van der Waals surface area contributed by atoms with E-state index >= 15 is 0 Å². The summed E-state index contributed by atoms with van der Waals surface area (Å²) in [7, 11) is 0. The number of esters is 4. The van der Waals surface area contributed by atoms with Gasteiger partial charge in [-0.15, -0.1) is 0 Å². The van der Waals surface area contributed by atoms with E-state index in [4.69, 9.17) is 30.5 Å². The number of hydrogen-bond acceptors (Lipinski definition) is 10. The Morgan fingerprint density at radius 2 is 1.11 bits per heavy atom. The maximum Gasteiger partial charge on any atom is 1.00 e. The van der Waals surface area contributed by atoms with Gasteiger partial charge < -0.3 is 25.1 Å². The van der Waals surface area contributed by atoms with E-state index in [0.29, 0.717) is 39.1 Å². The van der Waals surface area contributed by atoms with E-state index < -0.39 is 23.3 Å². The fourth-order valence-electron chi connectivity index (χ4n) is 4.21. The van der Waals surface area contributed by atoms with Gasteiger partial charge in [0.2, 0.25) is 0 Å². The SMILES string of the molecule is O=C(Cl)OCc1ccccc1.O=C1CCCCCO1.O=C1CCCCCO1.O=C1OCCCCC1C(=O)OCc1ccccc1.[H-].[Li+]. The third-order valence-corrected chi connectivity index (χ3v) is 6.81. The number of halogens is 1. The maximum absolute atomic E-state index is 11.8. The molecule has 3 fully saturated rings. The summed E-state index contributed by atoms with van der Waals surface area (Å²) >= 11 is 4.97. The third kappa shape index (κ3) is 19.9. The molecule has 248 valence electrons. The minimum absolute atomic E-state index is 0. The second-order valence-electron chi connectivity index (χ2n) is 10.4. The summed E-state index contributed by atoms with van der Waals surface area (Å²) in [6.07, 6.45) is 9.81. The van der Waals surface area contributed by atoms with Gasteiger partial charge in [0.05, 0.1) is 19.8 Å². The average Bonchev–Trinajstić information content (AvgIpc) is 3.55. The monoisotopic (exact) mass is 654 g/mol. The zero-order valence-electron chi connectivity index (χ0n) is 27.6. The Bertz CT molecular complexity index is 1130. The Morgan fingerprint density at radius 3 is 1.61 bits per heavy atom. The molecule has 0 spiro atoms. The quantitative estimate of drug-likeness (QED) is 0.153. The third-order valence-electron chi connectivity index (χ3n) is 6.70. The number of ether oxygens (including phenoxy) is 5. The second-order valence-corrected chi connectivity index (χ2v) is 10.7. The van der Waals surface area contributed by atoms with E-state index in [1.54, 1.807) is 0 Å². The number of hydrogen-bond donors (Lipinski definition) is 0. The van der Waals surface area contributed by atoms with Crippen LogP contribution in [0.4, 0.5) is 4.79 Å². The Labute approximate surface area is 289 Å². The first-order valence-corrected chi connectivity index (χ1v) is 15.8. The Morgan fingerprint density at radius 1 is 0.652 bits per heavy atom. The van der Waals surface area contributed by atoms with Gasteiger partial charge in [0.15, 0.2) is 5.92 Å². The van der Waals surface area contributed by atoms with Gasteiger partial charge in [-0.1, -0.05) is 60.7 Å². The van der Waals surface area contributed by atoms with Gasteiger partial charge >= 0.3 is 48.2 Å². The number of benzene rings is 2. The summed E-state index contributed by atoms with van der Waals surface area (Å²) in [6.45, 7) is 2.12. The summed E-state index contributed by atoms with van der Waals surface area (Å²) in [6, 6.07) is 18.8. The largest absolute Gasteiger partial charge is 1.00 e. The number of rotatable bonds is 5. The smallest absolute Gasteiger partial charge is 1.00 e. The van der Waals surface area contributed by atoms with Gasteiger partial charge in [0.1, 0.15) is 13.2 Å². The summed E-state index contributed by atoms with van der Waals surface area (Å²) in [5.74, 6) is -1.74. The maximum atomic E-state index is 11.8. The van der Waals surface area contributed by atoms with E-state index in [1.807, 2.05) is 60.7 Å². The fourth-order valence-corrected chi connectivity index (χ4v) is 4.27. The standard InChI is InChI=1S/C14H16O4.C8H7ClO2.2C6H10O2.Li.H/c15-13-12(8-4-5-9-17-13)14(16)18-10-11-6-2-1-3-7-11;9-8(10)11-6-7-4-2-1-3-5-7;2*7-6-4-2-1-3-5-8-6;;/h1-3,6-7,12H,4-5,8-10H2;1-5H,6H2;2*1-5H2;;/q;;;;+1;-1. The predicted molar refractivity (Wildman–Crippen MR) is 167 cm³/mol. The van der Waals surface area contributed by atoms with Crippen LogP contribution < -0.4 is 18.9 Å². The number of cyclic esters (lactones) is 3. The molecule has 0 amide bonds. The van der Waals surface area contributed by atoms with E-state index in [0.717, 1.165) is 62.5 Å². The van der Waals surface area contributed by atoms with Gasteiger partial charge in [0.25, 0.3) is 0 Å². The van der Waals surface area contributed by atoms with Crippen LogP contribution in [0, 0.1) is 5.92 Å². The van der Waals surface area contributed by atoms with E-state index in [2.05, 4.69) is 4.74 Å². The van der Waals surface area contributed by atoms with E-state index in [9.17, 15) is 24.0 Å². The van der Waals surface area contributed by atoms with Crippen LogP contribution in [0.3, 0.4) is 0 Å². The van der Waals surface area contributed by atoms with Crippen LogP contribution in [0.25, 0.3) is 0 Å². The first kappa shape index (κ1) is 40.7. The molecule has 0 N–H and O–H groups in total. The molecule has 12 heteroatoms. The Kier molecular flexibility index (Phi) is 22.8. The van der Waals surface area contributed by atoms with Crippen molar-refractivity contribution in [1.29, 1.82) is 0 Å². The predicted octanol–water partition coefficient (Wildman–Crippen LogP) is 3.96. The van der Waals surface area contributed by atoms with Crippen molar-refractivity contribution in [2.75, 3.05) is 19.8 Å². The van der Waals surface area contributed by atoms with Crippen molar-refractivity contribution in [3.8, 4) is 0 Å². The molecular formula is C34H44ClLiO10. The summed E-state index contributed by atoms with van der Waals surface area (Å²) in [5.41, 5.74) is 1.07. The van der Waals surface area contributed by atoms with Crippen LogP contribution in [0.15, 0.2) is 60.7 Å². The molecule has 10 nitrogen and oxygen atoms in total. The van der Waals surface area contributed by atoms with Gasteiger partial charge in [0, 0.05) is 24.4 Å². The summed E-state index contributed by atoms with van der Waals surface area (Å²) in [5, 5.41) is 0. The average molecular weight is 655 g/mol. The van der Waals surface area contributed by atoms with Crippen LogP contribution in [0.1, 0.15) is 83.2 Å². The molecule has 3 saturated heterocycles. The molecule has 0 bridgehead atoms. The van der Waals surface area contributed by atoms with Crippen LogP contribution in [-0.2, 0) is 56.1 Å². The minimum atomic E-state index is -0.770.